The van der Waals surface area contributed by atoms with Gasteiger partial charge in [-0.25, -0.2) is 0 Å². The van der Waals surface area contributed by atoms with E-state index in [1.165, 1.54) is 10.4 Å². The van der Waals surface area contributed by atoms with Gasteiger partial charge in [0.2, 0.25) is 5.91 Å². The molecule has 1 aliphatic rings. The van der Waals surface area contributed by atoms with E-state index >= 15 is 0 Å². The highest BCUT2D eigenvalue weighted by Crippen LogP contribution is 2.23. The number of aromatic nitrogens is 4. The third-order valence-electron chi connectivity index (χ3n) is 3.11. The smallest absolute Gasteiger partial charge is 0.270 e. The van der Waals surface area contributed by atoms with Crippen molar-refractivity contribution in [2.45, 2.75) is 12.5 Å². The number of rotatable bonds is 2. The average molecular weight is 258 g/mol. The van der Waals surface area contributed by atoms with Crippen molar-refractivity contribution in [1.29, 1.82) is 0 Å². The van der Waals surface area contributed by atoms with Crippen LogP contribution in [0.4, 0.5) is 5.95 Å². The lowest BCUT2D eigenvalue weighted by molar-refractivity contribution is -0.118. The highest BCUT2D eigenvalue weighted by atomic mass is 16.2. The molecule has 7 heteroatoms. The Morgan fingerprint density at radius 3 is 3.11 bits per heavy atom. The van der Waals surface area contributed by atoms with E-state index in [-0.39, 0.29) is 17.9 Å². The van der Waals surface area contributed by atoms with Gasteiger partial charge in [-0.15, -0.1) is 5.10 Å². The quantitative estimate of drug-likeness (QED) is 0.794. The summed E-state index contributed by atoms with van der Waals surface area (Å²) >= 11 is 0. The maximum atomic E-state index is 12.2. The Morgan fingerprint density at radius 2 is 2.32 bits per heavy atom. The summed E-state index contributed by atoms with van der Waals surface area (Å²) in [6, 6.07) is 7.58. The van der Waals surface area contributed by atoms with Gasteiger partial charge < -0.3 is 5.32 Å². The van der Waals surface area contributed by atoms with Crippen molar-refractivity contribution >= 4 is 11.9 Å². The minimum absolute atomic E-state index is 0.167. The first-order valence-electron chi connectivity index (χ1n) is 6.10. The van der Waals surface area contributed by atoms with Gasteiger partial charge in [0, 0.05) is 6.54 Å². The van der Waals surface area contributed by atoms with E-state index < -0.39 is 0 Å². The zero-order valence-corrected chi connectivity index (χ0v) is 10.5. The zero-order valence-electron chi connectivity index (χ0n) is 10.5. The fraction of sp³-hybridized carbons (Fsp3) is 0.333. The molecule has 19 heavy (non-hydrogen) atoms. The Kier molecular flexibility index (Phi) is 2.96. The number of carbonyl (C=O) groups excluding carboxylic acids is 1. The number of hydrogen-bond acceptors (Lipinski definition) is 5. The van der Waals surface area contributed by atoms with Crippen LogP contribution in [0.15, 0.2) is 24.3 Å². The number of tetrazole rings is 1. The number of aryl methyl sites for hydroxylation is 1. The molecule has 0 saturated carbocycles. The number of benzene rings is 1. The molecule has 2 heterocycles. The summed E-state index contributed by atoms with van der Waals surface area (Å²) in [6.45, 7) is 0.781. The fourth-order valence-electron chi connectivity index (χ4n) is 2.26. The van der Waals surface area contributed by atoms with Crippen LogP contribution in [0.25, 0.3) is 0 Å². The van der Waals surface area contributed by atoms with Crippen LogP contribution in [0, 0.1) is 0 Å². The van der Waals surface area contributed by atoms with Gasteiger partial charge in [0.15, 0.2) is 0 Å². The molecule has 1 amide bonds. The minimum atomic E-state index is -0.367. The third-order valence-corrected chi connectivity index (χ3v) is 3.11. The van der Waals surface area contributed by atoms with Crippen LogP contribution in [0.3, 0.4) is 0 Å². The second kappa shape index (κ2) is 4.77. The van der Waals surface area contributed by atoms with E-state index in [1.807, 2.05) is 18.2 Å². The van der Waals surface area contributed by atoms with Crippen LogP contribution in [-0.4, -0.2) is 32.7 Å². The maximum Gasteiger partial charge on any atom is 0.270 e. The molecule has 2 N–H and O–H groups in total. The average Bonchev–Trinajstić information content (AvgIpc) is 2.83. The summed E-state index contributed by atoms with van der Waals surface area (Å²) in [4.78, 5) is 13.6. The second-order valence-electron chi connectivity index (χ2n) is 4.43. The normalized spacial score (nSPS) is 17.8. The van der Waals surface area contributed by atoms with Gasteiger partial charge in [-0.1, -0.05) is 29.4 Å². The molecule has 1 unspecified atom stereocenters. The molecular weight excluding hydrogens is 244 g/mol. The summed E-state index contributed by atoms with van der Waals surface area (Å²) in [5.74, 6) is 0.0532. The van der Waals surface area contributed by atoms with Gasteiger partial charge in [0.1, 0.15) is 6.04 Å². The Morgan fingerprint density at radius 1 is 1.47 bits per heavy atom. The standard InChI is InChI=1S/C12H14N6O/c1-18-16-12(15-17-18)14-11(19)10-9-5-3-2-4-8(9)6-7-13-10/h2-5,10,13H,6-7H2,1H3,(H,14,16,19). The number of hydrogen-bond donors (Lipinski definition) is 2. The highest BCUT2D eigenvalue weighted by Gasteiger charge is 2.26. The first-order valence-corrected chi connectivity index (χ1v) is 6.10. The molecule has 0 spiro atoms. The number of fused-ring (bicyclic) bond motifs is 1. The van der Waals surface area contributed by atoms with E-state index in [0.717, 1.165) is 18.5 Å². The summed E-state index contributed by atoms with van der Waals surface area (Å²) in [6.07, 6.45) is 0.934. The lowest BCUT2D eigenvalue weighted by Crippen LogP contribution is -2.38. The van der Waals surface area contributed by atoms with Crippen LogP contribution < -0.4 is 10.6 Å². The number of amides is 1. The summed E-state index contributed by atoms with van der Waals surface area (Å²) in [5.41, 5.74) is 2.21. The van der Waals surface area contributed by atoms with Gasteiger partial charge in [-0.2, -0.15) is 4.80 Å². The van der Waals surface area contributed by atoms with Crippen LogP contribution in [0.5, 0.6) is 0 Å². The lowest BCUT2D eigenvalue weighted by atomic mass is 9.94. The molecule has 1 aromatic carbocycles. The van der Waals surface area contributed by atoms with E-state index in [2.05, 4.69) is 32.1 Å². The molecule has 1 aromatic heterocycles. The summed E-state index contributed by atoms with van der Waals surface area (Å²) < 4.78 is 0. The molecule has 0 saturated heterocycles. The summed E-state index contributed by atoms with van der Waals surface area (Å²) in [7, 11) is 1.65. The predicted molar refractivity (Wildman–Crippen MR) is 68.3 cm³/mol. The monoisotopic (exact) mass is 258 g/mol. The summed E-state index contributed by atoms with van der Waals surface area (Å²) in [5, 5.41) is 17.2. The Balaban J connectivity index is 1.81. The Labute approximate surface area is 110 Å². The molecule has 0 bridgehead atoms. The number of carbonyl (C=O) groups is 1. The molecule has 0 fully saturated rings. The predicted octanol–water partition coefficient (Wildman–Crippen LogP) is 0.0356. The van der Waals surface area contributed by atoms with Gasteiger partial charge in [0.05, 0.1) is 7.05 Å². The van der Waals surface area contributed by atoms with Crippen LogP contribution >= 0.6 is 0 Å². The SMILES string of the molecule is Cn1nnc(NC(=O)C2NCCc3ccccc32)n1. The molecule has 7 nitrogen and oxygen atoms in total. The van der Waals surface area contributed by atoms with E-state index in [1.54, 1.807) is 7.05 Å². The maximum absolute atomic E-state index is 12.2. The van der Waals surface area contributed by atoms with Crippen molar-refractivity contribution in [3.8, 4) is 0 Å². The zero-order chi connectivity index (χ0) is 13.2. The number of nitrogens with one attached hydrogen (secondary N) is 2. The molecule has 3 rings (SSSR count). The molecular formula is C12H14N6O. The van der Waals surface area contributed by atoms with Gasteiger partial charge in [-0.05, 0) is 22.8 Å². The first-order chi connectivity index (χ1) is 9.24. The third kappa shape index (κ3) is 2.32. The Hall–Kier alpha value is -2.28. The van der Waals surface area contributed by atoms with E-state index in [0.29, 0.717) is 0 Å². The molecule has 0 aliphatic carbocycles. The molecule has 0 radical (unpaired) electrons. The van der Waals surface area contributed by atoms with Crippen molar-refractivity contribution in [2.75, 3.05) is 11.9 Å². The van der Waals surface area contributed by atoms with E-state index in [9.17, 15) is 4.79 Å². The van der Waals surface area contributed by atoms with Gasteiger partial charge in [0.25, 0.3) is 5.95 Å². The van der Waals surface area contributed by atoms with Crippen molar-refractivity contribution in [2.24, 2.45) is 7.05 Å². The molecule has 2 aromatic rings. The second-order valence-corrected chi connectivity index (χ2v) is 4.43. The van der Waals surface area contributed by atoms with Crippen molar-refractivity contribution < 1.29 is 4.79 Å². The highest BCUT2D eigenvalue weighted by molar-refractivity contribution is 5.94. The lowest BCUT2D eigenvalue weighted by Gasteiger charge is -2.25. The van der Waals surface area contributed by atoms with Gasteiger partial charge in [-0.3, -0.25) is 10.1 Å². The van der Waals surface area contributed by atoms with Crippen molar-refractivity contribution in [3.05, 3.63) is 35.4 Å². The Bertz CT molecular complexity index is 608. The minimum Gasteiger partial charge on any atom is -0.302 e. The van der Waals surface area contributed by atoms with Crippen molar-refractivity contribution in [3.63, 3.8) is 0 Å². The van der Waals surface area contributed by atoms with Crippen molar-refractivity contribution in [1.82, 2.24) is 25.5 Å². The van der Waals surface area contributed by atoms with Crippen LogP contribution in [-0.2, 0) is 18.3 Å². The molecule has 1 atom stereocenters. The van der Waals surface area contributed by atoms with E-state index in [4.69, 9.17) is 0 Å². The molecule has 1 aliphatic heterocycles. The van der Waals surface area contributed by atoms with Gasteiger partial charge >= 0.3 is 0 Å². The van der Waals surface area contributed by atoms with Crippen LogP contribution in [0.1, 0.15) is 17.2 Å². The number of nitrogens with zero attached hydrogens (tertiary/aromatic N) is 4. The first kappa shape index (κ1) is 11.8. The number of anilines is 1. The topological polar surface area (TPSA) is 84.7 Å². The van der Waals surface area contributed by atoms with Crippen LogP contribution in [0.2, 0.25) is 0 Å². The molecule has 98 valence electrons. The largest absolute Gasteiger partial charge is 0.302 e. The fourth-order valence-corrected chi connectivity index (χ4v) is 2.26.